The van der Waals surface area contributed by atoms with Crippen LogP contribution in [0, 0.1) is 5.92 Å². The van der Waals surface area contributed by atoms with E-state index < -0.39 is 0 Å². The van der Waals surface area contributed by atoms with Crippen molar-refractivity contribution in [1.29, 1.82) is 0 Å². The SMILES string of the molecule is CNC(C1=COCCC1)C1CCOCC1. The van der Waals surface area contributed by atoms with E-state index >= 15 is 0 Å². The van der Waals surface area contributed by atoms with E-state index in [-0.39, 0.29) is 0 Å². The minimum absolute atomic E-state index is 0.495. The van der Waals surface area contributed by atoms with Crippen molar-refractivity contribution in [3.63, 3.8) is 0 Å². The average molecular weight is 211 g/mol. The molecule has 2 heterocycles. The van der Waals surface area contributed by atoms with Crippen LogP contribution in [0.1, 0.15) is 25.7 Å². The standard InChI is InChI=1S/C12H21NO2/c1-13-12(10-4-7-14-8-5-10)11-3-2-6-15-9-11/h9-10,12-13H,2-8H2,1H3. The second-order valence-corrected chi connectivity index (χ2v) is 4.38. The van der Waals surface area contributed by atoms with E-state index in [1.165, 1.54) is 24.8 Å². The average Bonchev–Trinajstić information content (AvgIpc) is 2.33. The molecule has 1 atom stereocenters. The van der Waals surface area contributed by atoms with Gasteiger partial charge in [-0.1, -0.05) is 0 Å². The van der Waals surface area contributed by atoms with Gasteiger partial charge in [0.2, 0.25) is 0 Å². The van der Waals surface area contributed by atoms with Crippen LogP contribution in [0.4, 0.5) is 0 Å². The Bertz CT molecular complexity index is 222. The molecule has 0 aromatic carbocycles. The van der Waals surface area contributed by atoms with Gasteiger partial charge in [-0.25, -0.2) is 0 Å². The molecule has 2 rings (SSSR count). The lowest BCUT2D eigenvalue weighted by molar-refractivity contribution is 0.0572. The van der Waals surface area contributed by atoms with Gasteiger partial charge < -0.3 is 14.8 Å². The van der Waals surface area contributed by atoms with Gasteiger partial charge in [-0.05, 0) is 44.2 Å². The highest BCUT2D eigenvalue weighted by atomic mass is 16.5. The zero-order chi connectivity index (χ0) is 10.5. The van der Waals surface area contributed by atoms with Crippen LogP contribution in [0.2, 0.25) is 0 Å². The number of hydrogen-bond acceptors (Lipinski definition) is 3. The molecule has 2 aliphatic rings. The van der Waals surface area contributed by atoms with Gasteiger partial charge in [-0.3, -0.25) is 0 Å². The van der Waals surface area contributed by atoms with Crippen LogP contribution < -0.4 is 5.32 Å². The highest BCUT2D eigenvalue weighted by Gasteiger charge is 2.26. The molecule has 0 spiro atoms. The number of nitrogens with one attached hydrogen (secondary N) is 1. The first-order valence-electron chi connectivity index (χ1n) is 5.97. The Hall–Kier alpha value is -0.540. The first kappa shape index (κ1) is 11.0. The molecule has 0 amide bonds. The lowest BCUT2D eigenvalue weighted by Crippen LogP contribution is -2.39. The number of hydrogen-bond donors (Lipinski definition) is 1. The molecule has 0 radical (unpaired) electrons. The summed E-state index contributed by atoms with van der Waals surface area (Å²) in [6.07, 6.45) is 6.65. The molecule has 1 unspecified atom stereocenters. The molecular formula is C12H21NO2. The van der Waals surface area contributed by atoms with Crippen LogP contribution in [0.15, 0.2) is 11.8 Å². The van der Waals surface area contributed by atoms with Gasteiger partial charge in [-0.15, -0.1) is 0 Å². The topological polar surface area (TPSA) is 30.5 Å². The van der Waals surface area contributed by atoms with Gasteiger partial charge in [0.05, 0.1) is 12.9 Å². The van der Waals surface area contributed by atoms with Crippen molar-refractivity contribution in [2.45, 2.75) is 31.7 Å². The van der Waals surface area contributed by atoms with Crippen molar-refractivity contribution in [2.75, 3.05) is 26.9 Å². The zero-order valence-corrected chi connectivity index (χ0v) is 9.50. The van der Waals surface area contributed by atoms with E-state index in [1.54, 1.807) is 0 Å². The van der Waals surface area contributed by atoms with E-state index in [0.29, 0.717) is 6.04 Å². The minimum atomic E-state index is 0.495. The van der Waals surface area contributed by atoms with Crippen molar-refractivity contribution in [1.82, 2.24) is 5.32 Å². The molecule has 1 N–H and O–H groups in total. The Morgan fingerprint density at radius 1 is 1.33 bits per heavy atom. The molecule has 86 valence electrons. The second kappa shape index (κ2) is 5.52. The summed E-state index contributed by atoms with van der Waals surface area (Å²) < 4.78 is 10.8. The summed E-state index contributed by atoms with van der Waals surface area (Å²) in [5.74, 6) is 0.719. The Kier molecular flexibility index (Phi) is 4.03. The van der Waals surface area contributed by atoms with Gasteiger partial charge in [-0.2, -0.15) is 0 Å². The van der Waals surface area contributed by atoms with Crippen LogP contribution in [0.5, 0.6) is 0 Å². The molecule has 3 heteroatoms. The largest absolute Gasteiger partial charge is 0.501 e. The first-order valence-corrected chi connectivity index (χ1v) is 5.97. The van der Waals surface area contributed by atoms with Crippen LogP contribution in [0.25, 0.3) is 0 Å². The van der Waals surface area contributed by atoms with Crippen LogP contribution in [-0.4, -0.2) is 32.9 Å². The summed E-state index contributed by atoms with van der Waals surface area (Å²) >= 11 is 0. The summed E-state index contributed by atoms with van der Waals surface area (Å²) in [7, 11) is 2.05. The third kappa shape index (κ3) is 2.73. The Labute approximate surface area is 91.8 Å². The van der Waals surface area contributed by atoms with E-state index in [4.69, 9.17) is 9.47 Å². The summed E-state index contributed by atoms with van der Waals surface area (Å²) in [6.45, 7) is 2.71. The maximum Gasteiger partial charge on any atom is 0.0876 e. The fraction of sp³-hybridized carbons (Fsp3) is 0.833. The van der Waals surface area contributed by atoms with Crippen molar-refractivity contribution < 1.29 is 9.47 Å². The molecule has 0 saturated carbocycles. The minimum Gasteiger partial charge on any atom is -0.501 e. The van der Waals surface area contributed by atoms with Gasteiger partial charge in [0.25, 0.3) is 0 Å². The van der Waals surface area contributed by atoms with Crippen molar-refractivity contribution in [3.8, 4) is 0 Å². The van der Waals surface area contributed by atoms with Gasteiger partial charge >= 0.3 is 0 Å². The summed E-state index contributed by atoms with van der Waals surface area (Å²) in [5, 5.41) is 3.44. The second-order valence-electron chi connectivity index (χ2n) is 4.38. The number of ether oxygens (including phenoxy) is 2. The fourth-order valence-electron chi connectivity index (χ4n) is 2.59. The Morgan fingerprint density at radius 3 is 2.73 bits per heavy atom. The third-order valence-electron chi connectivity index (χ3n) is 3.41. The Morgan fingerprint density at radius 2 is 2.13 bits per heavy atom. The van der Waals surface area contributed by atoms with E-state index in [0.717, 1.165) is 32.2 Å². The summed E-state index contributed by atoms with van der Waals surface area (Å²) in [5.41, 5.74) is 1.44. The smallest absolute Gasteiger partial charge is 0.0876 e. The first-order chi connectivity index (χ1) is 7.42. The van der Waals surface area contributed by atoms with Crippen LogP contribution >= 0.6 is 0 Å². The van der Waals surface area contributed by atoms with Crippen LogP contribution in [-0.2, 0) is 9.47 Å². The van der Waals surface area contributed by atoms with Gasteiger partial charge in [0.1, 0.15) is 0 Å². The van der Waals surface area contributed by atoms with Gasteiger partial charge in [0, 0.05) is 19.3 Å². The zero-order valence-electron chi connectivity index (χ0n) is 9.50. The highest BCUT2D eigenvalue weighted by molar-refractivity contribution is 5.11. The lowest BCUT2D eigenvalue weighted by Gasteiger charge is -2.32. The molecule has 15 heavy (non-hydrogen) atoms. The summed E-state index contributed by atoms with van der Waals surface area (Å²) in [4.78, 5) is 0. The monoisotopic (exact) mass is 211 g/mol. The molecule has 0 aliphatic carbocycles. The molecular weight excluding hydrogens is 190 g/mol. The van der Waals surface area contributed by atoms with E-state index in [2.05, 4.69) is 12.4 Å². The fourth-order valence-corrected chi connectivity index (χ4v) is 2.59. The third-order valence-corrected chi connectivity index (χ3v) is 3.41. The van der Waals surface area contributed by atoms with Crippen molar-refractivity contribution >= 4 is 0 Å². The molecule has 0 aromatic heterocycles. The van der Waals surface area contributed by atoms with Crippen molar-refractivity contribution in [3.05, 3.63) is 11.8 Å². The molecule has 0 aromatic rings. The van der Waals surface area contributed by atoms with Crippen molar-refractivity contribution in [2.24, 2.45) is 5.92 Å². The molecule has 1 fully saturated rings. The van der Waals surface area contributed by atoms with E-state index in [1.807, 2.05) is 6.26 Å². The lowest BCUT2D eigenvalue weighted by atomic mass is 9.85. The maximum atomic E-state index is 5.42. The predicted octanol–water partition coefficient (Wildman–Crippen LogP) is 1.70. The van der Waals surface area contributed by atoms with Crippen LogP contribution in [0.3, 0.4) is 0 Å². The maximum absolute atomic E-state index is 5.42. The van der Waals surface area contributed by atoms with Gasteiger partial charge in [0.15, 0.2) is 0 Å². The molecule has 3 nitrogen and oxygen atoms in total. The summed E-state index contributed by atoms with van der Waals surface area (Å²) in [6, 6.07) is 0.495. The number of rotatable bonds is 3. The quantitative estimate of drug-likeness (QED) is 0.770. The Balaban J connectivity index is 1.98. The predicted molar refractivity (Wildman–Crippen MR) is 59.7 cm³/mol. The molecule has 1 saturated heterocycles. The molecule has 0 bridgehead atoms. The highest BCUT2D eigenvalue weighted by Crippen LogP contribution is 2.27. The van der Waals surface area contributed by atoms with E-state index in [9.17, 15) is 0 Å². The normalized spacial score (nSPS) is 25.5. The number of likely N-dealkylation sites (N-methyl/N-ethyl adjacent to an activating group) is 1. The molecule has 2 aliphatic heterocycles.